The molecule has 0 atom stereocenters. The molecule has 2 aliphatic rings. The number of anilines is 1. The number of halogens is 1. The van der Waals surface area contributed by atoms with Gasteiger partial charge < -0.3 is 9.80 Å². The van der Waals surface area contributed by atoms with Gasteiger partial charge in [-0.25, -0.2) is 5.10 Å². The van der Waals surface area contributed by atoms with Crippen LogP contribution in [0.25, 0.3) is 0 Å². The van der Waals surface area contributed by atoms with E-state index in [1.807, 2.05) is 9.80 Å². The van der Waals surface area contributed by atoms with E-state index in [0.29, 0.717) is 37.8 Å². The number of rotatable bonds is 2. The molecule has 1 aromatic rings. The maximum atomic E-state index is 12.5. The van der Waals surface area contributed by atoms with Crippen LogP contribution in [0.1, 0.15) is 32.1 Å². The molecule has 1 aliphatic heterocycles. The van der Waals surface area contributed by atoms with Gasteiger partial charge in [0.15, 0.2) is 0 Å². The second-order valence-electron chi connectivity index (χ2n) is 6.05. The van der Waals surface area contributed by atoms with Crippen molar-refractivity contribution < 1.29 is 4.79 Å². The van der Waals surface area contributed by atoms with Crippen molar-refractivity contribution in [1.29, 1.82) is 0 Å². The summed E-state index contributed by atoms with van der Waals surface area (Å²) in [5, 5.41) is 6.29. The van der Waals surface area contributed by atoms with Crippen molar-refractivity contribution >= 4 is 23.2 Å². The molecule has 0 bridgehead atoms. The van der Waals surface area contributed by atoms with E-state index < -0.39 is 0 Å². The number of piperazine rings is 1. The minimum Gasteiger partial charge on any atom is -0.365 e. The van der Waals surface area contributed by atoms with Crippen LogP contribution >= 0.6 is 11.6 Å². The largest absolute Gasteiger partial charge is 0.365 e. The lowest BCUT2D eigenvalue weighted by molar-refractivity contribution is -0.136. The Morgan fingerprint density at radius 3 is 2.55 bits per heavy atom. The van der Waals surface area contributed by atoms with Gasteiger partial charge in [0.1, 0.15) is 5.02 Å². The van der Waals surface area contributed by atoms with Gasteiger partial charge in [-0.2, -0.15) is 5.10 Å². The van der Waals surface area contributed by atoms with E-state index in [4.69, 9.17) is 11.6 Å². The lowest BCUT2D eigenvalue weighted by Crippen LogP contribution is -2.51. The second-order valence-corrected chi connectivity index (χ2v) is 6.42. The third-order valence-electron chi connectivity index (χ3n) is 4.66. The molecule has 0 unspecified atom stereocenters. The monoisotopic (exact) mass is 324 g/mol. The van der Waals surface area contributed by atoms with Gasteiger partial charge in [0.05, 0.1) is 11.9 Å². The molecular formula is C15H21ClN4O2. The zero-order valence-electron chi connectivity index (χ0n) is 12.6. The van der Waals surface area contributed by atoms with Gasteiger partial charge in [0.25, 0.3) is 5.56 Å². The van der Waals surface area contributed by atoms with Crippen LogP contribution in [0.5, 0.6) is 0 Å². The zero-order valence-corrected chi connectivity index (χ0v) is 13.3. The van der Waals surface area contributed by atoms with E-state index in [0.717, 1.165) is 12.8 Å². The Labute approximate surface area is 134 Å². The first-order valence-electron chi connectivity index (χ1n) is 7.94. The Morgan fingerprint density at radius 1 is 1.18 bits per heavy atom. The van der Waals surface area contributed by atoms with Crippen molar-refractivity contribution in [3.63, 3.8) is 0 Å². The molecule has 7 heteroatoms. The molecule has 0 spiro atoms. The molecule has 1 aliphatic carbocycles. The highest BCUT2D eigenvalue weighted by Gasteiger charge is 2.29. The van der Waals surface area contributed by atoms with Crippen LogP contribution in [0.2, 0.25) is 5.02 Å². The van der Waals surface area contributed by atoms with Crippen LogP contribution in [-0.4, -0.2) is 47.2 Å². The van der Waals surface area contributed by atoms with Gasteiger partial charge in [-0.3, -0.25) is 9.59 Å². The lowest BCUT2D eigenvalue weighted by Gasteiger charge is -2.38. The molecule has 22 heavy (non-hydrogen) atoms. The number of carbonyl (C=O) groups is 1. The molecule has 0 aromatic carbocycles. The van der Waals surface area contributed by atoms with Crippen LogP contribution in [0.15, 0.2) is 11.0 Å². The number of nitrogens with one attached hydrogen (secondary N) is 1. The van der Waals surface area contributed by atoms with Crippen molar-refractivity contribution in [2.75, 3.05) is 31.1 Å². The fourth-order valence-corrected chi connectivity index (χ4v) is 3.58. The van der Waals surface area contributed by atoms with E-state index in [2.05, 4.69) is 10.2 Å². The Morgan fingerprint density at radius 2 is 1.86 bits per heavy atom. The first-order chi connectivity index (χ1) is 10.7. The van der Waals surface area contributed by atoms with E-state index in [1.165, 1.54) is 19.3 Å². The first kappa shape index (κ1) is 15.3. The standard InChI is InChI=1S/C15H21ClN4O2/c16-13-12(10-17-18-14(13)21)19-6-8-20(9-7-19)15(22)11-4-2-1-3-5-11/h10-11H,1-9H2,(H,18,21). The molecule has 1 saturated carbocycles. The molecule has 0 radical (unpaired) electrons. The van der Waals surface area contributed by atoms with Gasteiger partial charge in [-0.1, -0.05) is 30.9 Å². The lowest BCUT2D eigenvalue weighted by atomic mass is 9.88. The minimum atomic E-state index is -0.375. The number of H-pyrrole nitrogens is 1. The Kier molecular flexibility index (Phi) is 4.66. The smallest absolute Gasteiger partial charge is 0.285 e. The molecule has 6 nitrogen and oxygen atoms in total. The van der Waals surface area contributed by atoms with Gasteiger partial charge in [0, 0.05) is 32.1 Å². The third kappa shape index (κ3) is 3.11. The fraction of sp³-hybridized carbons (Fsp3) is 0.667. The van der Waals surface area contributed by atoms with E-state index in [9.17, 15) is 9.59 Å². The van der Waals surface area contributed by atoms with E-state index in [1.54, 1.807) is 6.20 Å². The number of aromatic nitrogens is 2. The van der Waals surface area contributed by atoms with Crippen LogP contribution in [0, 0.1) is 5.92 Å². The van der Waals surface area contributed by atoms with Crippen molar-refractivity contribution in [2.24, 2.45) is 5.92 Å². The zero-order chi connectivity index (χ0) is 15.5. The molecule has 3 rings (SSSR count). The summed E-state index contributed by atoms with van der Waals surface area (Å²) in [6, 6.07) is 0. The van der Waals surface area contributed by atoms with Crippen LogP contribution in [0.4, 0.5) is 5.69 Å². The van der Waals surface area contributed by atoms with Crippen molar-refractivity contribution in [2.45, 2.75) is 32.1 Å². The highest BCUT2D eigenvalue weighted by Crippen LogP contribution is 2.27. The number of nitrogens with zero attached hydrogens (tertiary/aromatic N) is 3. The Hall–Kier alpha value is -1.56. The average Bonchev–Trinajstić information content (AvgIpc) is 2.58. The van der Waals surface area contributed by atoms with Gasteiger partial charge in [-0.05, 0) is 12.8 Å². The Balaban J connectivity index is 1.61. The fourth-order valence-electron chi connectivity index (χ4n) is 3.37. The number of aromatic amines is 1. The van der Waals surface area contributed by atoms with Gasteiger partial charge in [0.2, 0.25) is 5.91 Å². The number of carbonyl (C=O) groups excluding carboxylic acids is 1. The molecule has 1 saturated heterocycles. The topological polar surface area (TPSA) is 69.3 Å². The molecule has 2 fully saturated rings. The molecule has 1 amide bonds. The number of amides is 1. The SMILES string of the molecule is O=C(C1CCCCC1)N1CCN(c2cn[nH]c(=O)c2Cl)CC1. The quantitative estimate of drug-likeness (QED) is 0.898. The minimum absolute atomic E-state index is 0.169. The van der Waals surface area contributed by atoms with Crippen molar-refractivity contribution in [1.82, 2.24) is 15.1 Å². The predicted molar refractivity (Wildman–Crippen MR) is 85.2 cm³/mol. The summed E-state index contributed by atoms with van der Waals surface area (Å²) in [7, 11) is 0. The van der Waals surface area contributed by atoms with Crippen LogP contribution in [0.3, 0.4) is 0 Å². The predicted octanol–water partition coefficient (Wildman–Crippen LogP) is 1.65. The van der Waals surface area contributed by atoms with Crippen LogP contribution < -0.4 is 10.5 Å². The summed E-state index contributed by atoms with van der Waals surface area (Å²) in [4.78, 5) is 28.0. The highest BCUT2D eigenvalue weighted by atomic mass is 35.5. The van der Waals surface area contributed by atoms with Crippen LogP contribution in [-0.2, 0) is 4.79 Å². The molecule has 1 aromatic heterocycles. The summed E-state index contributed by atoms with van der Waals surface area (Å²) in [6.07, 6.45) is 7.23. The van der Waals surface area contributed by atoms with E-state index in [-0.39, 0.29) is 16.5 Å². The summed E-state index contributed by atoms with van der Waals surface area (Å²) >= 11 is 6.04. The van der Waals surface area contributed by atoms with E-state index >= 15 is 0 Å². The molecule has 120 valence electrons. The van der Waals surface area contributed by atoms with Gasteiger partial charge in [-0.15, -0.1) is 0 Å². The molecular weight excluding hydrogens is 304 g/mol. The normalized spacial score (nSPS) is 20.2. The first-order valence-corrected chi connectivity index (χ1v) is 8.31. The summed E-state index contributed by atoms with van der Waals surface area (Å²) in [6.45, 7) is 2.73. The van der Waals surface area contributed by atoms with Crippen molar-refractivity contribution in [3.05, 3.63) is 21.6 Å². The third-order valence-corrected chi connectivity index (χ3v) is 5.03. The summed E-state index contributed by atoms with van der Waals surface area (Å²) in [5.74, 6) is 0.514. The highest BCUT2D eigenvalue weighted by molar-refractivity contribution is 6.33. The maximum absolute atomic E-state index is 12.5. The molecule has 2 heterocycles. The summed E-state index contributed by atoms with van der Waals surface area (Å²) < 4.78 is 0. The molecule has 1 N–H and O–H groups in total. The average molecular weight is 325 g/mol. The summed E-state index contributed by atoms with van der Waals surface area (Å²) in [5.41, 5.74) is 0.273. The number of hydrogen-bond donors (Lipinski definition) is 1. The second kappa shape index (κ2) is 6.69. The number of hydrogen-bond acceptors (Lipinski definition) is 4. The van der Waals surface area contributed by atoms with Gasteiger partial charge >= 0.3 is 0 Å². The van der Waals surface area contributed by atoms with Crippen molar-refractivity contribution in [3.8, 4) is 0 Å². The Bertz CT molecular complexity index is 589. The maximum Gasteiger partial charge on any atom is 0.285 e.